The molecule has 4 aliphatic rings. The average molecular weight is 927 g/mol. The van der Waals surface area contributed by atoms with Crippen LogP contribution in [0.3, 0.4) is 0 Å². The van der Waals surface area contributed by atoms with E-state index in [9.17, 15) is 0 Å². The quantitative estimate of drug-likeness (QED) is 0.153. The molecule has 4 aromatic carbocycles. The van der Waals surface area contributed by atoms with Crippen LogP contribution in [0.1, 0.15) is 67.1 Å². The van der Waals surface area contributed by atoms with Crippen molar-refractivity contribution in [3.63, 3.8) is 0 Å². The largest absolute Gasteiger partial charge is 0.222 e. The van der Waals surface area contributed by atoms with E-state index in [4.69, 9.17) is 18.6 Å². The second kappa shape index (κ2) is 18.1. The summed E-state index contributed by atoms with van der Waals surface area (Å²) >= 11 is 0.566. The van der Waals surface area contributed by atoms with Gasteiger partial charge in [0.25, 0.3) is 0 Å². The van der Waals surface area contributed by atoms with Crippen LogP contribution in [0.4, 0.5) is 0 Å². The summed E-state index contributed by atoms with van der Waals surface area (Å²) < 4.78 is 40.1. The van der Waals surface area contributed by atoms with Crippen LogP contribution in [0, 0.1) is 15.7 Å². The molecule has 9 rings (SSSR count). The normalized spacial score (nSPS) is 18.7. The van der Waals surface area contributed by atoms with Gasteiger partial charge in [0, 0.05) is 0 Å². The maximum atomic E-state index is 8.49. The Morgan fingerprint density at radius 3 is 1.86 bits per heavy atom. The first-order chi connectivity index (χ1) is 28.5. The molecule has 0 radical (unpaired) electrons. The van der Waals surface area contributed by atoms with Gasteiger partial charge in [-0.3, -0.25) is 0 Å². The summed E-state index contributed by atoms with van der Waals surface area (Å²) in [5.41, 5.74) is 17.6. The average Bonchev–Trinajstić information content (AvgIpc) is 3.85. The monoisotopic (exact) mass is 928 g/mol. The summed E-state index contributed by atoms with van der Waals surface area (Å²) in [7, 11) is -4.94. The molecule has 296 valence electrons. The van der Waals surface area contributed by atoms with Crippen LogP contribution >= 0.6 is 0 Å². The molecule has 59 heavy (non-hydrogen) atoms. The zero-order valence-corrected chi connectivity index (χ0v) is 37.3. The molecule has 0 fully saturated rings. The summed E-state index contributed by atoms with van der Waals surface area (Å²) in [6.45, 7) is 4.89. The summed E-state index contributed by atoms with van der Waals surface area (Å²) in [4.78, 5) is 0. The second-order valence-corrected chi connectivity index (χ2v) is 21.2. The van der Waals surface area contributed by atoms with Gasteiger partial charge in [-0.15, -0.1) is 10.2 Å². The number of rotatable bonds is 7. The third-order valence-electron chi connectivity index (χ3n) is 11.1. The standard InChI is InChI=1S/C52H45Se2.ClHO4/c1-52(2)34-36(23-25-42-27-29-44-46(38-15-7-3-8-16-38)32-48(53-50(42)44)40-19-11-5-12-20-40)31-37(35-52)24-26-43-28-30-45-47(39-17-9-4-10-18-39)33-49(54-51(43)45)41-21-13-6-14-22-41;2-1(3,4)5/h3-26,31-33H,27-30,34-35H2,1-2H3;(H,2,3,4,5)/q+1;/p-1. The van der Waals surface area contributed by atoms with Gasteiger partial charge in [0.15, 0.2) is 0 Å². The van der Waals surface area contributed by atoms with Crippen LogP contribution in [0.5, 0.6) is 0 Å². The predicted molar refractivity (Wildman–Crippen MR) is 233 cm³/mol. The van der Waals surface area contributed by atoms with Crippen LogP contribution in [-0.4, -0.2) is 29.5 Å². The summed E-state index contributed by atoms with van der Waals surface area (Å²) in [6, 6.07) is 46.6. The molecule has 0 amide bonds. The smallest absolute Gasteiger partial charge is 0.112 e. The molecule has 2 heterocycles. The molecule has 0 saturated carbocycles. The minimum Gasteiger partial charge on any atom is -0.222 e. The molecule has 0 unspecified atom stereocenters. The molecule has 0 saturated heterocycles. The number of fused-ring (bicyclic) bond motifs is 2. The third-order valence-corrected chi connectivity index (χ3v) is 16.5. The molecular formula is C52H45ClO4Se2. The molecule has 0 spiro atoms. The Hall–Kier alpha value is -4.42. The SMILES string of the molecule is CC1(C)CC(/C=C/C2=C3[Se]C(c4ccccc4)=CC(c4ccccc4)=C3CC2)=CC(=C/C=C2\CCc3c(-c4ccccc4)cc(-c4ccccc4)[se+]c32)/C1.[O-][Cl+3]([O-])([O-])[O-]. The topological polar surface area (TPSA) is 92.2 Å². The fourth-order valence-electron chi connectivity index (χ4n) is 8.54. The van der Waals surface area contributed by atoms with Gasteiger partial charge in [0.05, 0.1) is 0 Å². The molecule has 0 N–H and O–H groups in total. The van der Waals surface area contributed by atoms with Crippen molar-refractivity contribution in [3.8, 4) is 21.1 Å². The Morgan fingerprint density at radius 2 is 1.22 bits per heavy atom. The summed E-state index contributed by atoms with van der Waals surface area (Å²) in [5, 5.41) is 0. The first-order valence-corrected chi connectivity index (χ1v) is 24.6. The van der Waals surface area contributed by atoms with E-state index in [1.807, 2.05) is 0 Å². The molecule has 7 heteroatoms. The van der Waals surface area contributed by atoms with Crippen LogP contribution in [-0.2, 0) is 6.42 Å². The van der Waals surface area contributed by atoms with Gasteiger partial charge in [0.2, 0.25) is 0 Å². The van der Waals surface area contributed by atoms with Crippen molar-refractivity contribution in [1.29, 1.82) is 0 Å². The van der Waals surface area contributed by atoms with Crippen LogP contribution in [0.2, 0.25) is 0 Å². The third kappa shape index (κ3) is 10.3. The van der Waals surface area contributed by atoms with Crippen LogP contribution in [0.15, 0.2) is 191 Å². The van der Waals surface area contributed by atoms with Crippen molar-refractivity contribution in [2.24, 2.45) is 5.41 Å². The molecule has 0 bridgehead atoms. The zero-order chi connectivity index (χ0) is 41.0. The Labute approximate surface area is 362 Å². The minimum absolute atomic E-state index is 0.224. The number of hydrogen-bond donors (Lipinski definition) is 0. The Morgan fingerprint density at radius 1 is 0.627 bits per heavy atom. The molecule has 1 aromatic heterocycles. The molecule has 4 nitrogen and oxygen atoms in total. The second-order valence-electron chi connectivity index (χ2n) is 16.0. The predicted octanol–water partition coefficient (Wildman–Crippen LogP) is 8.42. The number of hydrogen-bond acceptors (Lipinski definition) is 4. The fourth-order valence-corrected chi connectivity index (χ4v) is 13.9. The summed E-state index contributed by atoms with van der Waals surface area (Å²) in [5.74, 6) is 0. The molecular weight excluding hydrogens is 882 g/mol. The van der Waals surface area contributed by atoms with Crippen LogP contribution in [0.25, 0.3) is 36.7 Å². The van der Waals surface area contributed by atoms with E-state index in [0.29, 0.717) is 0 Å². The first kappa shape index (κ1) is 41.3. The van der Waals surface area contributed by atoms with Crippen molar-refractivity contribution < 1.29 is 28.9 Å². The number of halogens is 1. The van der Waals surface area contributed by atoms with Gasteiger partial charge in [-0.05, 0) is 0 Å². The first-order valence-electron chi connectivity index (χ1n) is 20.0. The van der Waals surface area contributed by atoms with Gasteiger partial charge < -0.3 is 0 Å². The molecule has 5 aromatic rings. The van der Waals surface area contributed by atoms with Crippen molar-refractivity contribution >= 4 is 45.1 Å². The Balaban J connectivity index is 0.000000915. The van der Waals surface area contributed by atoms with E-state index in [2.05, 4.69) is 178 Å². The van der Waals surface area contributed by atoms with Crippen molar-refractivity contribution in [2.45, 2.75) is 52.4 Å². The Bertz CT molecular complexity index is 2550. The molecule has 1 aliphatic heterocycles. The molecule has 3 aliphatic carbocycles. The maximum Gasteiger partial charge on any atom is -0.112 e. The van der Waals surface area contributed by atoms with E-state index in [1.54, 1.807) is 20.0 Å². The van der Waals surface area contributed by atoms with Crippen molar-refractivity contribution in [2.75, 3.05) is 0 Å². The molecule has 0 atom stereocenters. The maximum absolute atomic E-state index is 8.49. The van der Waals surface area contributed by atoms with Gasteiger partial charge in [-0.1, -0.05) is 0 Å². The summed E-state index contributed by atoms with van der Waals surface area (Å²) in [6.07, 6.45) is 21.6. The van der Waals surface area contributed by atoms with E-state index in [-0.39, 0.29) is 34.9 Å². The van der Waals surface area contributed by atoms with Crippen molar-refractivity contribution in [1.82, 2.24) is 0 Å². The van der Waals surface area contributed by atoms with E-state index in [0.717, 1.165) is 38.5 Å². The van der Waals surface area contributed by atoms with E-state index < -0.39 is 10.2 Å². The zero-order valence-electron chi connectivity index (χ0n) is 33.2. The van der Waals surface area contributed by atoms with Gasteiger partial charge in [0.1, 0.15) is 0 Å². The van der Waals surface area contributed by atoms with Gasteiger partial charge in [-0.2, -0.15) is 0 Å². The van der Waals surface area contributed by atoms with E-state index in [1.165, 1.54) is 64.6 Å². The van der Waals surface area contributed by atoms with Crippen molar-refractivity contribution in [3.05, 3.63) is 212 Å². The minimum atomic E-state index is -4.94. The van der Waals surface area contributed by atoms with E-state index >= 15 is 0 Å². The fraction of sp³-hybridized carbons (Fsp3) is 0.173. The number of benzene rings is 4. The van der Waals surface area contributed by atoms with Crippen LogP contribution < -0.4 is 18.6 Å². The number of allylic oxidation sites excluding steroid dienone is 13. The van der Waals surface area contributed by atoms with Gasteiger partial charge in [-0.25, -0.2) is 18.6 Å². The van der Waals surface area contributed by atoms with Gasteiger partial charge >= 0.3 is 336 Å². The Kier molecular flexibility index (Phi) is 12.6.